The van der Waals surface area contributed by atoms with E-state index in [0.29, 0.717) is 24.4 Å². The van der Waals surface area contributed by atoms with E-state index in [1.54, 1.807) is 20.8 Å². The van der Waals surface area contributed by atoms with E-state index >= 15 is 0 Å². The Hall–Kier alpha value is -6.64. The first-order valence-electron chi connectivity index (χ1n) is 23.6. The predicted octanol–water partition coefficient (Wildman–Crippen LogP) is 7.49. The molecule has 0 spiro atoms. The maximum Gasteiger partial charge on any atom is 0.408 e. The molecule has 6 atom stereocenters. The van der Waals surface area contributed by atoms with Gasteiger partial charge in [-0.1, -0.05) is 104 Å². The molecule has 68 heavy (non-hydrogen) atoms. The average Bonchev–Trinajstić information content (AvgIpc) is 3.63. The summed E-state index contributed by atoms with van der Waals surface area (Å²) in [5.41, 5.74) is 6.78. The van der Waals surface area contributed by atoms with Gasteiger partial charge < -0.3 is 34.9 Å². The molecular formula is C54H62N6O8. The first-order chi connectivity index (χ1) is 32.8. The van der Waals surface area contributed by atoms with E-state index in [0.717, 1.165) is 65.8 Å². The second kappa shape index (κ2) is 21.5. The number of aromatic nitrogens is 2. The van der Waals surface area contributed by atoms with E-state index in [1.807, 2.05) is 85.1 Å². The number of rotatable bonds is 18. The highest BCUT2D eigenvalue weighted by Crippen LogP contribution is 2.59. The highest BCUT2D eigenvalue weighted by molar-refractivity contribution is 5.97. The minimum Gasteiger partial charge on any atom is -0.489 e. The number of hydrogen-bond donors (Lipinski definition) is 4. The number of nitrogens with zero attached hydrogens (tertiary/aromatic N) is 2. The van der Waals surface area contributed by atoms with Crippen LogP contribution < -0.4 is 26.0 Å². The van der Waals surface area contributed by atoms with Crippen LogP contribution in [-0.4, -0.2) is 71.2 Å². The van der Waals surface area contributed by atoms with Crippen LogP contribution in [0, 0.1) is 11.8 Å². The van der Waals surface area contributed by atoms with Gasteiger partial charge in [-0.05, 0) is 116 Å². The molecule has 14 nitrogen and oxygen atoms in total. The van der Waals surface area contributed by atoms with Crippen molar-refractivity contribution < 1.29 is 38.1 Å². The van der Waals surface area contributed by atoms with Crippen molar-refractivity contribution in [3.63, 3.8) is 0 Å². The van der Waals surface area contributed by atoms with E-state index in [-0.39, 0.29) is 37.8 Å². The SMILES string of the molecule is CC(C)(C)OC(=O)N[C@@H](COCc1ccccc1)C(=O)NCC(=O)N[C@@H](COCc1ccccc1)C(=O)Nc1ncc2c(n1)[C@@]1(C)CC[C@@H]3c4ccc(OCc5ccccc5)cc4CC[C@H]3[C@@H]1C2. The van der Waals surface area contributed by atoms with E-state index in [4.69, 9.17) is 23.9 Å². The van der Waals surface area contributed by atoms with Crippen molar-refractivity contribution >= 4 is 29.8 Å². The van der Waals surface area contributed by atoms with Gasteiger partial charge in [-0.15, -0.1) is 0 Å². The summed E-state index contributed by atoms with van der Waals surface area (Å²) in [6.07, 6.45) is 5.95. The third kappa shape index (κ3) is 12.1. The summed E-state index contributed by atoms with van der Waals surface area (Å²) >= 11 is 0. The lowest BCUT2D eigenvalue weighted by Crippen LogP contribution is -2.54. The topological polar surface area (TPSA) is 179 Å². The fourth-order valence-corrected chi connectivity index (χ4v) is 10.0. The number of ether oxygens (including phenoxy) is 4. The van der Waals surface area contributed by atoms with Gasteiger partial charge in [0, 0.05) is 11.6 Å². The zero-order chi connectivity index (χ0) is 47.7. The Morgan fingerprint density at radius 1 is 0.750 bits per heavy atom. The second-order valence-corrected chi connectivity index (χ2v) is 19.3. The first-order valence-corrected chi connectivity index (χ1v) is 23.6. The maximum absolute atomic E-state index is 14.1. The smallest absolute Gasteiger partial charge is 0.408 e. The summed E-state index contributed by atoms with van der Waals surface area (Å²) in [6.45, 7) is 7.50. The molecule has 0 bridgehead atoms. The van der Waals surface area contributed by atoms with Crippen molar-refractivity contribution in [2.45, 2.75) is 109 Å². The number of carbonyl (C=O) groups excluding carboxylic acids is 4. The summed E-state index contributed by atoms with van der Waals surface area (Å²) in [6, 6.07) is 33.4. The number of aryl methyl sites for hydroxylation is 1. The Labute approximate surface area is 398 Å². The van der Waals surface area contributed by atoms with Gasteiger partial charge in [0.2, 0.25) is 17.8 Å². The van der Waals surface area contributed by atoms with Gasteiger partial charge in [0.25, 0.3) is 5.91 Å². The molecular weight excluding hydrogens is 861 g/mol. The van der Waals surface area contributed by atoms with Gasteiger partial charge in [0.1, 0.15) is 30.0 Å². The van der Waals surface area contributed by atoms with E-state index in [1.165, 1.54) is 11.1 Å². The predicted molar refractivity (Wildman–Crippen MR) is 257 cm³/mol. The molecule has 3 aliphatic carbocycles. The largest absolute Gasteiger partial charge is 0.489 e. The summed E-state index contributed by atoms with van der Waals surface area (Å²) in [5.74, 6) is 0.455. The quantitative estimate of drug-likeness (QED) is 0.0688. The van der Waals surface area contributed by atoms with Crippen LogP contribution in [0.15, 0.2) is 115 Å². The van der Waals surface area contributed by atoms with E-state index < -0.39 is 48.0 Å². The monoisotopic (exact) mass is 922 g/mol. The van der Waals surface area contributed by atoms with Gasteiger partial charge in [-0.2, -0.15) is 0 Å². The highest BCUT2D eigenvalue weighted by Gasteiger charge is 2.54. The normalized spacial score (nSPS) is 20.0. The number of alkyl carbamates (subject to hydrolysis) is 1. The number of carbonyl (C=O) groups is 4. The Bertz CT molecular complexity index is 2540. The molecule has 8 rings (SSSR count). The lowest BCUT2D eigenvalue weighted by atomic mass is 9.55. The molecule has 1 heterocycles. The minimum absolute atomic E-state index is 0.150. The Morgan fingerprint density at radius 3 is 2.00 bits per heavy atom. The molecule has 1 aromatic heterocycles. The van der Waals surface area contributed by atoms with Crippen LogP contribution in [0.3, 0.4) is 0 Å². The zero-order valence-electron chi connectivity index (χ0n) is 39.3. The molecule has 1 saturated carbocycles. The second-order valence-electron chi connectivity index (χ2n) is 19.3. The number of fused-ring (bicyclic) bond motifs is 7. The van der Waals surface area contributed by atoms with Crippen LogP contribution in [0.25, 0.3) is 0 Å². The first kappa shape index (κ1) is 47.8. The lowest BCUT2D eigenvalue weighted by molar-refractivity contribution is -0.130. The minimum atomic E-state index is -1.18. The molecule has 0 radical (unpaired) electrons. The van der Waals surface area contributed by atoms with Crippen molar-refractivity contribution in [2.75, 3.05) is 25.1 Å². The van der Waals surface area contributed by atoms with Crippen molar-refractivity contribution in [1.82, 2.24) is 25.9 Å². The number of nitrogens with one attached hydrogen (secondary N) is 4. The number of benzene rings is 4. The summed E-state index contributed by atoms with van der Waals surface area (Å²) in [4.78, 5) is 63.3. The molecule has 4 N–H and O–H groups in total. The summed E-state index contributed by atoms with van der Waals surface area (Å²) in [7, 11) is 0. The van der Waals surface area contributed by atoms with Crippen molar-refractivity contribution in [3.05, 3.63) is 154 Å². The molecule has 4 aromatic carbocycles. The van der Waals surface area contributed by atoms with Gasteiger partial charge in [0.15, 0.2) is 0 Å². The van der Waals surface area contributed by atoms with Crippen LogP contribution in [0.5, 0.6) is 5.75 Å². The molecule has 1 fully saturated rings. The van der Waals surface area contributed by atoms with Crippen molar-refractivity contribution in [1.29, 1.82) is 0 Å². The number of amides is 4. The molecule has 0 unspecified atom stereocenters. The molecule has 5 aromatic rings. The average molecular weight is 923 g/mol. The van der Waals surface area contributed by atoms with Crippen LogP contribution in [0.1, 0.15) is 91.9 Å². The lowest BCUT2D eigenvalue weighted by Gasteiger charge is -2.49. The van der Waals surface area contributed by atoms with Crippen LogP contribution in [-0.2, 0) is 66.7 Å². The van der Waals surface area contributed by atoms with Crippen LogP contribution >= 0.6 is 0 Å². The molecule has 356 valence electrons. The third-order valence-electron chi connectivity index (χ3n) is 13.3. The van der Waals surface area contributed by atoms with E-state index in [9.17, 15) is 19.2 Å². The van der Waals surface area contributed by atoms with Crippen molar-refractivity contribution in [2.24, 2.45) is 11.8 Å². The zero-order valence-corrected chi connectivity index (χ0v) is 39.3. The van der Waals surface area contributed by atoms with Crippen molar-refractivity contribution in [3.8, 4) is 5.75 Å². The van der Waals surface area contributed by atoms with Gasteiger partial charge in [-0.3, -0.25) is 19.7 Å². The molecule has 0 aliphatic heterocycles. The Balaban J connectivity index is 0.904. The molecule has 14 heteroatoms. The van der Waals surface area contributed by atoms with Crippen LogP contribution in [0.4, 0.5) is 10.7 Å². The standard InChI is InChI=1S/C54H62N6O8/c1-53(2,3)68-52(64)58-45(33-65-30-35-14-8-5-9-15-35)49(62)55-29-47(61)57-46(34-66-31-36-16-10-6-11-17-36)50(63)60-51-56-28-39-27-44-43-22-20-38-26-40(67-32-37-18-12-7-13-19-37)21-23-41(38)42(43)24-25-54(44,4)48(39)59-51/h5-19,21,23,26,28,42-46H,20,22,24-25,27,29-34H2,1-4H3,(H,55,62)(H,57,61)(H,58,64)(H,56,59,60,63)/t42-,43-,44+,45+,46+,54+/m1/s1. The fourth-order valence-electron chi connectivity index (χ4n) is 10.0. The number of anilines is 1. The highest BCUT2D eigenvalue weighted by atomic mass is 16.6. The summed E-state index contributed by atoms with van der Waals surface area (Å²) in [5, 5.41) is 10.7. The Morgan fingerprint density at radius 2 is 1.37 bits per heavy atom. The fraction of sp³-hybridized carbons (Fsp3) is 0.407. The molecule has 4 amide bonds. The summed E-state index contributed by atoms with van der Waals surface area (Å²) < 4.78 is 23.3. The number of hydrogen-bond acceptors (Lipinski definition) is 10. The van der Waals surface area contributed by atoms with E-state index in [2.05, 4.69) is 63.5 Å². The van der Waals surface area contributed by atoms with Gasteiger partial charge in [0.05, 0.1) is 38.7 Å². The molecule has 0 saturated heterocycles. The van der Waals surface area contributed by atoms with Crippen LogP contribution in [0.2, 0.25) is 0 Å². The maximum atomic E-state index is 14.1. The van der Waals surface area contributed by atoms with Gasteiger partial charge in [-0.25, -0.2) is 14.8 Å². The third-order valence-corrected chi connectivity index (χ3v) is 13.3. The van der Waals surface area contributed by atoms with Gasteiger partial charge >= 0.3 is 6.09 Å². The molecule has 3 aliphatic rings. The Kier molecular flexibility index (Phi) is 15.2.